The maximum atomic E-state index is 15.1. The van der Waals surface area contributed by atoms with Crippen molar-refractivity contribution in [2.45, 2.75) is 45.5 Å². The van der Waals surface area contributed by atoms with E-state index in [1.165, 1.54) is 41.0 Å². The van der Waals surface area contributed by atoms with Gasteiger partial charge in [-0.1, -0.05) is 0 Å². The average molecular weight is 561 g/mol. The normalized spacial score (nSPS) is 18.9. The predicted molar refractivity (Wildman–Crippen MR) is 140 cm³/mol. The summed E-state index contributed by atoms with van der Waals surface area (Å²) in [5.41, 5.74) is -0.346. The largest absolute Gasteiger partial charge is 0.444 e. The van der Waals surface area contributed by atoms with Crippen molar-refractivity contribution in [3.8, 4) is 11.1 Å². The van der Waals surface area contributed by atoms with Gasteiger partial charge < -0.3 is 24.8 Å². The smallest absolute Gasteiger partial charge is 0.414 e. The first-order valence-electron chi connectivity index (χ1n) is 12.6. The molecule has 0 spiro atoms. The number of ether oxygens (including phenoxy) is 3. The minimum Gasteiger partial charge on any atom is -0.444 e. The van der Waals surface area contributed by atoms with E-state index < -0.39 is 47.7 Å². The molecule has 2 aromatic carbocycles. The number of anilines is 2. The number of amides is 4. The van der Waals surface area contributed by atoms with Gasteiger partial charge in [0, 0.05) is 18.1 Å². The number of nitrogens with one attached hydrogen (secondary N) is 2. The fourth-order valence-corrected chi connectivity index (χ4v) is 4.23. The van der Waals surface area contributed by atoms with E-state index in [-0.39, 0.29) is 54.6 Å². The van der Waals surface area contributed by atoms with E-state index in [2.05, 4.69) is 10.6 Å². The number of carbonyl (C=O) groups excluding carboxylic acids is 4. The van der Waals surface area contributed by atoms with Crippen molar-refractivity contribution < 1.29 is 42.2 Å². The van der Waals surface area contributed by atoms with Crippen molar-refractivity contribution in [2.24, 2.45) is 0 Å². The summed E-state index contributed by atoms with van der Waals surface area (Å²) in [5.74, 6) is -1.81. The van der Waals surface area contributed by atoms with Crippen molar-refractivity contribution in [1.29, 1.82) is 0 Å². The van der Waals surface area contributed by atoms with Crippen LogP contribution in [-0.4, -0.2) is 68.2 Å². The third kappa shape index (κ3) is 6.77. The fourth-order valence-electron chi connectivity index (χ4n) is 4.23. The van der Waals surface area contributed by atoms with Gasteiger partial charge in [-0.3, -0.25) is 14.6 Å². The highest BCUT2D eigenvalue weighted by Gasteiger charge is 2.34. The van der Waals surface area contributed by atoms with Crippen LogP contribution in [0.3, 0.4) is 0 Å². The Balaban J connectivity index is 1.42. The number of hydrogen-bond acceptors (Lipinski definition) is 7. The van der Waals surface area contributed by atoms with Crippen LogP contribution in [0.2, 0.25) is 0 Å². The summed E-state index contributed by atoms with van der Waals surface area (Å²) >= 11 is 0. The zero-order chi connectivity index (χ0) is 29.2. The van der Waals surface area contributed by atoms with Crippen LogP contribution in [0.1, 0.15) is 27.7 Å². The maximum Gasteiger partial charge on any atom is 0.414 e. The average Bonchev–Trinajstić information content (AvgIpc) is 3.42. The molecule has 13 heteroatoms. The van der Waals surface area contributed by atoms with E-state index in [4.69, 9.17) is 14.2 Å². The van der Waals surface area contributed by atoms with Crippen molar-refractivity contribution in [3.63, 3.8) is 0 Å². The van der Waals surface area contributed by atoms with Crippen LogP contribution in [0.5, 0.6) is 0 Å². The Morgan fingerprint density at radius 3 is 1.73 bits per heavy atom. The molecule has 2 fully saturated rings. The maximum absolute atomic E-state index is 15.1. The Morgan fingerprint density at radius 1 is 0.875 bits per heavy atom. The van der Waals surface area contributed by atoms with E-state index in [9.17, 15) is 19.2 Å². The van der Waals surface area contributed by atoms with Gasteiger partial charge >= 0.3 is 18.3 Å². The summed E-state index contributed by atoms with van der Waals surface area (Å²) in [6.07, 6.45) is -3.32. The summed E-state index contributed by atoms with van der Waals surface area (Å²) in [6, 6.07) is 7.81. The van der Waals surface area contributed by atoms with Crippen LogP contribution in [0.15, 0.2) is 36.4 Å². The van der Waals surface area contributed by atoms with Gasteiger partial charge in [0.05, 0.1) is 37.6 Å². The van der Waals surface area contributed by atoms with E-state index in [0.29, 0.717) is 0 Å². The molecule has 0 unspecified atom stereocenters. The van der Waals surface area contributed by atoms with Gasteiger partial charge in [-0.25, -0.2) is 23.2 Å². The Labute approximate surface area is 229 Å². The molecule has 2 N–H and O–H groups in total. The number of rotatable bonds is 7. The predicted octanol–water partition coefficient (Wildman–Crippen LogP) is 3.94. The van der Waals surface area contributed by atoms with E-state index in [1.54, 1.807) is 20.8 Å². The van der Waals surface area contributed by atoms with Gasteiger partial charge in [0.2, 0.25) is 5.91 Å². The zero-order valence-corrected chi connectivity index (χ0v) is 22.5. The first-order valence-corrected chi connectivity index (χ1v) is 12.6. The van der Waals surface area contributed by atoms with Gasteiger partial charge in [0.25, 0.3) is 0 Å². The molecule has 4 rings (SSSR count). The molecule has 11 nitrogen and oxygen atoms in total. The molecule has 214 valence electrons. The first-order chi connectivity index (χ1) is 18.8. The van der Waals surface area contributed by atoms with Crippen LogP contribution >= 0.6 is 0 Å². The quantitative estimate of drug-likeness (QED) is 0.491. The molecule has 40 heavy (non-hydrogen) atoms. The van der Waals surface area contributed by atoms with Gasteiger partial charge in [-0.15, -0.1) is 0 Å². The van der Waals surface area contributed by atoms with Crippen LogP contribution < -0.4 is 20.4 Å². The number of benzene rings is 2. The highest BCUT2D eigenvalue weighted by atomic mass is 19.1. The molecule has 2 aromatic rings. The van der Waals surface area contributed by atoms with Crippen molar-refractivity contribution in [1.82, 2.24) is 10.6 Å². The molecule has 2 saturated heterocycles. The number of halogens is 2. The fraction of sp³-hybridized carbons (Fsp3) is 0.407. The molecule has 0 bridgehead atoms. The Morgan fingerprint density at radius 2 is 1.32 bits per heavy atom. The number of carbonyl (C=O) groups is 4. The number of nitrogens with zero attached hydrogens (tertiary/aromatic N) is 2. The van der Waals surface area contributed by atoms with Crippen molar-refractivity contribution in [2.75, 3.05) is 36.0 Å². The number of alkyl carbamates (subject to hydrolysis) is 1. The molecule has 0 aliphatic carbocycles. The molecular weight excluding hydrogens is 530 g/mol. The standard InChI is InChI=1S/C27H30F2N4O7/c1-15(34)30-11-18-13-32(25(36)38-18)16-5-7-20(22(28)9-16)21-8-6-17(10-23(21)29)33-14-19(39-26(33)37)12-31-24(35)40-27(2,3)4/h5-10,18-19H,11-14H2,1-4H3,(H,30,34)(H,31,35)/t18-,19-/m0/s1. The third-order valence-electron chi connectivity index (χ3n) is 6.02. The van der Waals surface area contributed by atoms with Gasteiger partial charge in [-0.05, 0) is 57.2 Å². The van der Waals surface area contributed by atoms with Crippen LogP contribution in [-0.2, 0) is 19.0 Å². The minimum atomic E-state index is -0.775. The topological polar surface area (TPSA) is 127 Å². The molecule has 2 heterocycles. The number of cyclic esters (lactones) is 2. The highest BCUT2D eigenvalue weighted by Crippen LogP contribution is 2.33. The van der Waals surface area contributed by atoms with Crippen LogP contribution in [0.25, 0.3) is 11.1 Å². The summed E-state index contributed by atoms with van der Waals surface area (Å²) in [7, 11) is 0. The summed E-state index contributed by atoms with van der Waals surface area (Å²) in [6.45, 7) is 6.81. The molecule has 2 atom stereocenters. The zero-order valence-electron chi connectivity index (χ0n) is 22.5. The van der Waals surface area contributed by atoms with Gasteiger partial charge in [0.1, 0.15) is 29.4 Å². The lowest BCUT2D eigenvalue weighted by Gasteiger charge is -2.20. The van der Waals surface area contributed by atoms with Crippen molar-refractivity contribution >= 4 is 35.6 Å². The Hall–Kier alpha value is -4.42. The summed E-state index contributed by atoms with van der Waals surface area (Å²) in [5, 5.41) is 5.10. The SMILES string of the molecule is CC(=O)NC[C@H]1CN(c2ccc(-c3ccc(N4C[C@H](CNC(=O)OC(C)(C)C)OC4=O)cc3F)c(F)c2)C(=O)O1. The molecule has 2 aliphatic rings. The van der Waals surface area contributed by atoms with Gasteiger partial charge in [-0.2, -0.15) is 0 Å². The second-order valence-electron chi connectivity index (χ2n) is 10.4. The molecule has 2 aliphatic heterocycles. The van der Waals surface area contributed by atoms with Crippen molar-refractivity contribution in [3.05, 3.63) is 48.0 Å². The van der Waals surface area contributed by atoms with E-state index >= 15 is 8.78 Å². The third-order valence-corrected chi connectivity index (χ3v) is 6.02. The lowest BCUT2D eigenvalue weighted by molar-refractivity contribution is -0.119. The monoisotopic (exact) mass is 560 g/mol. The summed E-state index contributed by atoms with van der Waals surface area (Å²) in [4.78, 5) is 50.0. The van der Waals surface area contributed by atoms with Crippen LogP contribution in [0.4, 0.5) is 34.5 Å². The molecule has 0 aromatic heterocycles. The molecule has 0 saturated carbocycles. The van der Waals surface area contributed by atoms with Crippen LogP contribution in [0, 0.1) is 11.6 Å². The van der Waals surface area contributed by atoms with Gasteiger partial charge in [0.15, 0.2) is 0 Å². The molecule has 0 radical (unpaired) electrons. The summed E-state index contributed by atoms with van der Waals surface area (Å²) < 4.78 is 45.8. The second-order valence-corrected chi connectivity index (χ2v) is 10.4. The lowest BCUT2D eigenvalue weighted by atomic mass is 10.0. The Bertz CT molecular complexity index is 1330. The lowest BCUT2D eigenvalue weighted by Crippen LogP contribution is -2.38. The minimum absolute atomic E-state index is 0.00776. The van der Waals surface area contributed by atoms with E-state index in [1.807, 2.05) is 0 Å². The molecular formula is C27H30F2N4O7. The second kappa shape index (κ2) is 11.4. The molecule has 4 amide bonds. The van der Waals surface area contributed by atoms with E-state index in [0.717, 1.165) is 12.1 Å². The Kier molecular flexibility index (Phi) is 8.12. The number of hydrogen-bond donors (Lipinski definition) is 2. The first kappa shape index (κ1) is 28.6. The highest BCUT2D eigenvalue weighted by molar-refractivity contribution is 5.91.